The lowest BCUT2D eigenvalue weighted by Gasteiger charge is -2.27. The standard InChI is InChI=1S/C24H27N7OS2/c1-3-30(4-2)17-10-8-16(9-11-17)28-29-24-27-22-20(34-24)15-18(33-22)14-19-21(32)26-23(25-19)31-12-6-5-7-13-31/h8-11,14-15H,3-7,12-13H2,1-2H3,(H,25,26,32)/b19-14+,29-28+. The third-order valence-corrected chi connectivity index (χ3v) is 7.94. The number of fused-ring (bicyclic) bond motifs is 1. The fraction of sp³-hybridized carbons (Fsp3) is 0.375. The molecule has 3 aromatic rings. The number of likely N-dealkylation sites (tertiary alicyclic amines) is 1. The van der Waals surface area contributed by atoms with Gasteiger partial charge in [0, 0.05) is 36.7 Å². The molecular formula is C24H27N7OS2. The highest BCUT2D eigenvalue weighted by Crippen LogP contribution is 2.36. The molecule has 5 rings (SSSR count). The van der Waals surface area contributed by atoms with Crippen LogP contribution in [0.15, 0.2) is 51.2 Å². The van der Waals surface area contributed by atoms with Crippen molar-refractivity contribution in [3.63, 3.8) is 0 Å². The van der Waals surface area contributed by atoms with E-state index in [0.29, 0.717) is 16.8 Å². The second-order valence-corrected chi connectivity index (χ2v) is 10.2. The van der Waals surface area contributed by atoms with Crippen LogP contribution in [0.1, 0.15) is 38.0 Å². The quantitative estimate of drug-likeness (QED) is 0.340. The van der Waals surface area contributed by atoms with Crippen LogP contribution in [-0.4, -0.2) is 47.9 Å². The van der Waals surface area contributed by atoms with Crippen LogP contribution in [0.3, 0.4) is 0 Å². The van der Waals surface area contributed by atoms with E-state index in [2.05, 4.69) is 61.3 Å². The van der Waals surface area contributed by atoms with Crippen LogP contribution in [0.5, 0.6) is 0 Å². The number of guanidine groups is 1. The number of thiophene rings is 1. The fourth-order valence-electron chi connectivity index (χ4n) is 4.13. The van der Waals surface area contributed by atoms with E-state index in [9.17, 15) is 4.79 Å². The Labute approximate surface area is 206 Å². The third kappa shape index (κ3) is 4.88. The van der Waals surface area contributed by atoms with Crippen LogP contribution in [0, 0.1) is 0 Å². The van der Waals surface area contributed by atoms with Crippen LogP contribution >= 0.6 is 22.7 Å². The van der Waals surface area contributed by atoms with Crippen LogP contribution in [0.2, 0.25) is 0 Å². The summed E-state index contributed by atoms with van der Waals surface area (Å²) in [7, 11) is 0. The topological polar surface area (TPSA) is 85.6 Å². The van der Waals surface area contributed by atoms with Crippen molar-refractivity contribution < 1.29 is 4.79 Å². The van der Waals surface area contributed by atoms with Crippen molar-refractivity contribution in [3.8, 4) is 0 Å². The second-order valence-electron chi connectivity index (χ2n) is 8.17. The average Bonchev–Trinajstić information content (AvgIpc) is 3.53. The predicted molar refractivity (Wildman–Crippen MR) is 141 cm³/mol. The van der Waals surface area contributed by atoms with Gasteiger partial charge in [-0.15, -0.1) is 21.6 Å². The van der Waals surface area contributed by atoms with E-state index >= 15 is 0 Å². The summed E-state index contributed by atoms with van der Waals surface area (Å²) in [6.45, 7) is 8.14. The number of hydrogen-bond donors (Lipinski definition) is 1. The van der Waals surface area contributed by atoms with Gasteiger partial charge in [-0.05, 0) is 69.5 Å². The van der Waals surface area contributed by atoms with Crippen molar-refractivity contribution in [2.24, 2.45) is 15.2 Å². The van der Waals surface area contributed by atoms with Gasteiger partial charge < -0.3 is 15.1 Å². The highest BCUT2D eigenvalue weighted by Gasteiger charge is 2.25. The monoisotopic (exact) mass is 493 g/mol. The van der Waals surface area contributed by atoms with Crippen molar-refractivity contribution in [3.05, 3.63) is 40.9 Å². The minimum absolute atomic E-state index is 0.216. The Kier molecular flexibility index (Phi) is 6.68. The number of benzene rings is 1. The van der Waals surface area contributed by atoms with Gasteiger partial charge in [0.2, 0.25) is 11.1 Å². The van der Waals surface area contributed by atoms with E-state index < -0.39 is 0 Å². The lowest BCUT2D eigenvalue weighted by atomic mass is 10.1. The smallest absolute Gasteiger partial charge is 0.296 e. The molecule has 2 aliphatic heterocycles. The van der Waals surface area contributed by atoms with Crippen LogP contribution in [0.4, 0.5) is 16.5 Å². The lowest BCUT2D eigenvalue weighted by molar-refractivity contribution is -0.114. The first-order chi connectivity index (χ1) is 16.6. The van der Waals surface area contributed by atoms with E-state index in [1.54, 1.807) is 0 Å². The Morgan fingerprint density at radius 1 is 1.09 bits per heavy atom. The number of carbonyl (C=O) groups is 1. The number of nitrogens with zero attached hydrogens (tertiary/aromatic N) is 6. The third-order valence-electron chi connectivity index (χ3n) is 5.95. The summed E-state index contributed by atoms with van der Waals surface area (Å²) in [6.07, 6.45) is 5.38. The minimum atomic E-state index is -0.216. The first-order valence-electron chi connectivity index (χ1n) is 11.7. The van der Waals surface area contributed by atoms with Gasteiger partial charge in [-0.3, -0.25) is 4.79 Å². The number of anilines is 1. The van der Waals surface area contributed by atoms with Crippen molar-refractivity contribution in [1.29, 1.82) is 0 Å². The summed E-state index contributed by atoms with van der Waals surface area (Å²) in [5.74, 6) is 0.465. The molecule has 34 heavy (non-hydrogen) atoms. The average molecular weight is 494 g/mol. The molecule has 2 aromatic heterocycles. The number of aromatic nitrogens is 1. The summed E-state index contributed by atoms with van der Waals surface area (Å²) < 4.78 is 1.03. The van der Waals surface area contributed by atoms with Crippen molar-refractivity contribution in [2.45, 2.75) is 33.1 Å². The summed E-state index contributed by atoms with van der Waals surface area (Å²) in [4.78, 5) is 27.5. The van der Waals surface area contributed by atoms with Gasteiger partial charge in [-0.25, -0.2) is 4.98 Å². The zero-order chi connectivity index (χ0) is 23.5. The molecule has 0 atom stereocenters. The normalized spacial score (nSPS) is 17.7. The summed E-state index contributed by atoms with van der Waals surface area (Å²) in [6, 6.07) is 10.1. The van der Waals surface area contributed by atoms with Crippen molar-refractivity contribution >= 4 is 66.7 Å². The zero-order valence-corrected chi connectivity index (χ0v) is 21.0. The first kappa shape index (κ1) is 22.7. The maximum Gasteiger partial charge on any atom is 0.296 e. The van der Waals surface area contributed by atoms with E-state index in [1.165, 1.54) is 34.8 Å². The molecule has 4 heterocycles. The number of rotatable bonds is 6. The molecule has 2 aliphatic rings. The number of nitrogens with one attached hydrogen (secondary N) is 1. The molecule has 8 nitrogen and oxygen atoms in total. The maximum atomic E-state index is 12.4. The van der Waals surface area contributed by atoms with E-state index in [0.717, 1.165) is 59.1 Å². The number of azo groups is 1. The summed E-state index contributed by atoms with van der Waals surface area (Å²) >= 11 is 3.03. The molecule has 0 bridgehead atoms. The van der Waals surface area contributed by atoms with Crippen molar-refractivity contribution in [2.75, 3.05) is 31.1 Å². The Morgan fingerprint density at radius 3 is 2.56 bits per heavy atom. The Bertz CT molecular complexity index is 1230. The van der Waals surface area contributed by atoms with E-state index in [1.807, 2.05) is 24.3 Å². The zero-order valence-electron chi connectivity index (χ0n) is 19.3. The molecular weight excluding hydrogens is 466 g/mol. The largest absolute Gasteiger partial charge is 0.372 e. The number of amides is 1. The Morgan fingerprint density at radius 2 is 1.85 bits per heavy atom. The van der Waals surface area contributed by atoms with Gasteiger partial charge in [-0.1, -0.05) is 11.3 Å². The lowest BCUT2D eigenvalue weighted by Crippen LogP contribution is -2.41. The molecule has 0 radical (unpaired) electrons. The van der Waals surface area contributed by atoms with E-state index in [-0.39, 0.29) is 5.91 Å². The van der Waals surface area contributed by atoms with Gasteiger partial charge in [0.1, 0.15) is 10.5 Å². The minimum Gasteiger partial charge on any atom is -0.372 e. The molecule has 1 aromatic carbocycles. The molecule has 0 saturated carbocycles. The second kappa shape index (κ2) is 10.0. The Balaban J connectivity index is 1.25. The number of hydrogen-bond acceptors (Lipinski definition) is 9. The maximum absolute atomic E-state index is 12.4. The highest BCUT2D eigenvalue weighted by molar-refractivity contribution is 7.29. The van der Waals surface area contributed by atoms with Gasteiger partial charge in [0.15, 0.2) is 0 Å². The molecule has 0 unspecified atom stereocenters. The molecule has 176 valence electrons. The summed E-state index contributed by atoms with van der Waals surface area (Å²) in [5.41, 5.74) is 2.50. The van der Waals surface area contributed by atoms with Crippen LogP contribution < -0.4 is 10.2 Å². The first-order valence-corrected chi connectivity index (χ1v) is 13.3. The van der Waals surface area contributed by atoms with Crippen molar-refractivity contribution in [1.82, 2.24) is 15.2 Å². The number of aliphatic imine (C=N–C) groups is 1. The molecule has 1 amide bonds. The van der Waals surface area contributed by atoms with Gasteiger partial charge in [-0.2, -0.15) is 4.99 Å². The van der Waals surface area contributed by atoms with E-state index in [4.69, 9.17) is 0 Å². The molecule has 1 fully saturated rings. The number of piperidine rings is 1. The van der Waals surface area contributed by atoms with Gasteiger partial charge >= 0.3 is 0 Å². The summed E-state index contributed by atoms with van der Waals surface area (Å²) in [5, 5.41) is 12.5. The van der Waals surface area contributed by atoms with Crippen LogP contribution in [-0.2, 0) is 4.79 Å². The highest BCUT2D eigenvalue weighted by atomic mass is 32.1. The Hall–Kier alpha value is -3.11. The molecule has 1 N–H and O–H groups in total. The van der Waals surface area contributed by atoms with Crippen LogP contribution in [0.25, 0.3) is 15.6 Å². The fourth-order valence-corrected chi connectivity index (χ4v) is 6.11. The van der Waals surface area contributed by atoms with Gasteiger partial charge in [0.05, 0.1) is 10.4 Å². The SMILES string of the molecule is CCN(CC)c1ccc(/N=N/c2nc3sc(/C=C4/NC(N5CCCCC5)=NC4=O)cc3s2)cc1. The molecule has 0 aliphatic carbocycles. The molecule has 1 saturated heterocycles. The van der Waals surface area contributed by atoms with Gasteiger partial charge in [0.25, 0.3) is 5.91 Å². The molecule has 0 spiro atoms. The molecule has 10 heteroatoms. The predicted octanol–water partition coefficient (Wildman–Crippen LogP) is 5.93. The number of thiazole rings is 1. The number of carbonyl (C=O) groups excluding carboxylic acids is 1.